The zero-order valence-corrected chi connectivity index (χ0v) is 13.3. The molecule has 0 spiro atoms. The summed E-state index contributed by atoms with van der Waals surface area (Å²) in [4.78, 5) is 24.1. The first-order valence-corrected chi connectivity index (χ1v) is 7.44. The zero-order chi connectivity index (χ0) is 18.1. The Balaban J connectivity index is 2.07. The van der Waals surface area contributed by atoms with Crippen LogP contribution in [0.1, 0.15) is 21.5 Å². The van der Waals surface area contributed by atoms with E-state index in [4.69, 9.17) is 11.7 Å². The van der Waals surface area contributed by atoms with Crippen molar-refractivity contribution in [2.75, 3.05) is 11.9 Å². The zero-order valence-electron chi connectivity index (χ0n) is 13.3. The van der Waals surface area contributed by atoms with Crippen LogP contribution in [-0.2, 0) is 4.79 Å². The van der Waals surface area contributed by atoms with Crippen LogP contribution in [0.5, 0.6) is 0 Å². The molecule has 0 aliphatic rings. The summed E-state index contributed by atoms with van der Waals surface area (Å²) in [7, 11) is 0. The van der Waals surface area contributed by atoms with Crippen molar-refractivity contribution in [3.05, 3.63) is 71.3 Å². The van der Waals surface area contributed by atoms with Gasteiger partial charge in [0, 0.05) is 6.08 Å². The first-order valence-electron chi connectivity index (χ1n) is 7.44. The molecule has 2 aromatic carbocycles. The second-order valence-electron chi connectivity index (χ2n) is 4.99. The number of anilines is 1. The average Bonchev–Trinajstić information content (AvgIpc) is 2.65. The number of nitrogens with zero attached hydrogens (tertiary/aromatic N) is 1. The highest BCUT2D eigenvalue weighted by molar-refractivity contribution is 6.07. The molecule has 0 aliphatic heterocycles. The second kappa shape index (κ2) is 8.71. The van der Waals surface area contributed by atoms with Crippen LogP contribution in [0.3, 0.4) is 0 Å². The maximum Gasteiger partial charge on any atom is 0.254 e. The maximum absolute atomic E-state index is 12.1. The predicted octanol–water partition coefficient (Wildman–Crippen LogP) is 2.57. The Hall–Kier alpha value is -3.83. The minimum absolute atomic E-state index is 0.111. The summed E-state index contributed by atoms with van der Waals surface area (Å²) in [6, 6.07) is 15.5. The number of para-hydroxylation sites is 1. The van der Waals surface area contributed by atoms with E-state index in [-0.39, 0.29) is 18.4 Å². The van der Waals surface area contributed by atoms with Gasteiger partial charge in [0.2, 0.25) is 5.91 Å². The van der Waals surface area contributed by atoms with Crippen LogP contribution in [0.2, 0.25) is 0 Å². The molecule has 0 fully saturated rings. The molecule has 0 saturated carbocycles. The molecule has 0 aliphatic carbocycles. The molecule has 2 N–H and O–H groups in total. The van der Waals surface area contributed by atoms with Gasteiger partial charge in [-0.3, -0.25) is 9.59 Å². The topological polar surface area (TPSA) is 82.0 Å². The summed E-state index contributed by atoms with van der Waals surface area (Å²) >= 11 is 0. The summed E-state index contributed by atoms with van der Waals surface area (Å²) in [6.07, 6.45) is 8.11. The molecule has 0 heterocycles. The molecule has 0 bridgehead atoms. The van der Waals surface area contributed by atoms with Gasteiger partial charge in [0.1, 0.15) is 0 Å². The summed E-state index contributed by atoms with van der Waals surface area (Å²) in [5.41, 5.74) is 2.06. The van der Waals surface area contributed by atoms with Gasteiger partial charge >= 0.3 is 0 Å². The molecule has 122 valence electrons. The number of terminal acetylenes is 1. The minimum Gasteiger partial charge on any atom is -0.341 e. The molecule has 5 nitrogen and oxygen atoms in total. The fourth-order valence-corrected chi connectivity index (χ4v) is 2.03. The maximum atomic E-state index is 12.1. The Morgan fingerprint density at radius 1 is 1.12 bits per heavy atom. The summed E-state index contributed by atoms with van der Waals surface area (Å²) in [5, 5.41) is 14.0. The molecule has 2 amide bonds. The molecule has 0 atom stereocenters. The molecule has 0 radical (unpaired) electrons. The van der Waals surface area contributed by atoms with E-state index in [2.05, 4.69) is 16.6 Å². The van der Waals surface area contributed by atoms with Gasteiger partial charge in [-0.25, -0.2) is 0 Å². The van der Waals surface area contributed by atoms with Gasteiger partial charge in [-0.2, -0.15) is 5.26 Å². The molecule has 5 heteroatoms. The van der Waals surface area contributed by atoms with Crippen molar-refractivity contribution in [3.63, 3.8) is 0 Å². The van der Waals surface area contributed by atoms with Crippen molar-refractivity contribution in [2.45, 2.75) is 0 Å². The summed E-state index contributed by atoms with van der Waals surface area (Å²) in [5.74, 6) is 1.59. The van der Waals surface area contributed by atoms with Crippen molar-refractivity contribution in [1.29, 1.82) is 5.26 Å². The number of hydrogen-bond acceptors (Lipinski definition) is 3. The van der Waals surface area contributed by atoms with Crippen molar-refractivity contribution >= 4 is 23.6 Å². The van der Waals surface area contributed by atoms with Crippen LogP contribution in [0.15, 0.2) is 54.6 Å². The number of carbonyl (C=O) groups excluding carboxylic acids is 2. The van der Waals surface area contributed by atoms with Crippen LogP contribution in [0.25, 0.3) is 6.08 Å². The van der Waals surface area contributed by atoms with Gasteiger partial charge in [-0.05, 0) is 35.9 Å². The lowest BCUT2D eigenvalue weighted by molar-refractivity contribution is -0.111. The number of hydrogen-bond donors (Lipinski definition) is 2. The highest BCUT2D eigenvalue weighted by atomic mass is 16.2. The Bertz CT molecular complexity index is 884. The summed E-state index contributed by atoms with van der Waals surface area (Å²) in [6.45, 7) is 0.111. The number of nitrogens with one attached hydrogen (secondary N) is 2. The molecule has 2 rings (SSSR count). The van der Waals surface area contributed by atoms with Gasteiger partial charge in [-0.15, -0.1) is 6.42 Å². The SMILES string of the molecule is C#CCNC(=O)c1ccccc1NC(=O)/C=C/c1ccc(C#N)cc1. The molecule has 0 unspecified atom stereocenters. The van der Waals surface area contributed by atoms with Gasteiger partial charge in [0.25, 0.3) is 5.91 Å². The normalized spacial score (nSPS) is 9.84. The van der Waals surface area contributed by atoms with Crippen LogP contribution in [-0.4, -0.2) is 18.4 Å². The Morgan fingerprint density at radius 3 is 2.52 bits per heavy atom. The number of benzene rings is 2. The Labute approximate surface area is 146 Å². The van der Waals surface area contributed by atoms with E-state index >= 15 is 0 Å². The van der Waals surface area contributed by atoms with Gasteiger partial charge in [0.15, 0.2) is 0 Å². The summed E-state index contributed by atoms with van der Waals surface area (Å²) < 4.78 is 0. The molecule has 0 saturated heterocycles. The standard InChI is InChI=1S/C20H15N3O2/c1-2-13-22-20(25)17-5-3-4-6-18(17)23-19(24)12-11-15-7-9-16(14-21)10-8-15/h1,3-12H,13H2,(H,22,25)(H,23,24)/b12-11+. The first kappa shape index (κ1) is 17.5. The van der Waals surface area contributed by atoms with Crippen molar-refractivity contribution in [1.82, 2.24) is 5.32 Å². The Kier molecular flexibility index (Phi) is 6.11. The van der Waals surface area contributed by atoms with Gasteiger partial charge in [-0.1, -0.05) is 30.2 Å². The highest BCUT2D eigenvalue weighted by Crippen LogP contribution is 2.15. The lowest BCUT2D eigenvalue weighted by Crippen LogP contribution is -2.25. The van der Waals surface area contributed by atoms with E-state index in [0.29, 0.717) is 16.8 Å². The third-order valence-electron chi connectivity index (χ3n) is 3.25. The largest absolute Gasteiger partial charge is 0.341 e. The van der Waals surface area contributed by atoms with E-state index in [1.807, 2.05) is 6.07 Å². The minimum atomic E-state index is -0.374. The molecule has 2 aromatic rings. The van der Waals surface area contributed by atoms with E-state index in [0.717, 1.165) is 5.56 Å². The molecule has 0 aromatic heterocycles. The number of amides is 2. The van der Waals surface area contributed by atoms with Gasteiger partial charge in [0.05, 0.1) is 29.4 Å². The molecular weight excluding hydrogens is 314 g/mol. The molecular formula is C20H15N3O2. The molecule has 25 heavy (non-hydrogen) atoms. The number of rotatable bonds is 5. The second-order valence-corrected chi connectivity index (χ2v) is 4.99. The highest BCUT2D eigenvalue weighted by Gasteiger charge is 2.11. The van der Waals surface area contributed by atoms with E-state index in [1.54, 1.807) is 54.6 Å². The van der Waals surface area contributed by atoms with Gasteiger partial charge < -0.3 is 10.6 Å². The average molecular weight is 329 g/mol. The third kappa shape index (κ3) is 5.09. The predicted molar refractivity (Wildman–Crippen MR) is 96.4 cm³/mol. The lowest BCUT2D eigenvalue weighted by atomic mass is 10.1. The van der Waals surface area contributed by atoms with Crippen molar-refractivity contribution < 1.29 is 9.59 Å². The van der Waals surface area contributed by atoms with Crippen LogP contribution in [0.4, 0.5) is 5.69 Å². The fourth-order valence-electron chi connectivity index (χ4n) is 2.03. The number of carbonyl (C=O) groups is 2. The van der Waals surface area contributed by atoms with E-state index < -0.39 is 0 Å². The van der Waals surface area contributed by atoms with E-state index in [1.165, 1.54) is 6.08 Å². The monoisotopic (exact) mass is 329 g/mol. The van der Waals surface area contributed by atoms with Crippen LogP contribution < -0.4 is 10.6 Å². The van der Waals surface area contributed by atoms with E-state index in [9.17, 15) is 9.59 Å². The first-order chi connectivity index (χ1) is 12.1. The van der Waals surface area contributed by atoms with Crippen molar-refractivity contribution in [2.24, 2.45) is 0 Å². The quantitative estimate of drug-likeness (QED) is 0.653. The third-order valence-corrected chi connectivity index (χ3v) is 3.25. The number of nitriles is 1. The fraction of sp³-hybridized carbons (Fsp3) is 0.0500. The smallest absolute Gasteiger partial charge is 0.254 e. The van der Waals surface area contributed by atoms with Crippen LogP contribution >= 0.6 is 0 Å². The lowest BCUT2D eigenvalue weighted by Gasteiger charge is -2.09. The Morgan fingerprint density at radius 2 is 1.84 bits per heavy atom. The van der Waals surface area contributed by atoms with Crippen molar-refractivity contribution in [3.8, 4) is 18.4 Å². The van der Waals surface area contributed by atoms with Crippen LogP contribution in [0, 0.1) is 23.7 Å².